The summed E-state index contributed by atoms with van der Waals surface area (Å²) >= 11 is 0. The van der Waals surface area contributed by atoms with Crippen LogP contribution in [0, 0.1) is 11.8 Å². The number of fused-ring (bicyclic) bond motifs is 1. The zero-order chi connectivity index (χ0) is 16.4. The number of aromatic nitrogens is 4. The van der Waals surface area contributed by atoms with Gasteiger partial charge in [-0.2, -0.15) is 0 Å². The highest BCUT2D eigenvalue weighted by molar-refractivity contribution is 5.76. The van der Waals surface area contributed by atoms with Gasteiger partial charge in [0.15, 0.2) is 5.82 Å². The number of nitrogens with zero attached hydrogens (tertiary/aromatic N) is 3. The van der Waals surface area contributed by atoms with Crippen molar-refractivity contribution in [1.82, 2.24) is 24.9 Å². The second kappa shape index (κ2) is 6.52. The van der Waals surface area contributed by atoms with Gasteiger partial charge in [0.05, 0.1) is 6.04 Å². The van der Waals surface area contributed by atoms with Crippen molar-refractivity contribution in [2.75, 3.05) is 0 Å². The van der Waals surface area contributed by atoms with Gasteiger partial charge >= 0.3 is 0 Å². The summed E-state index contributed by atoms with van der Waals surface area (Å²) in [6.07, 6.45) is 8.63. The lowest BCUT2D eigenvalue weighted by Crippen LogP contribution is -2.31. The lowest BCUT2D eigenvalue weighted by molar-refractivity contribution is -0.123. The van der Waals surface area contributed by atoms with Crippen LogP contribution in [0.2, 0.25) is 0 Å². The first-order valence-corrected chi connectivity index (χ1v) is 8.28. The highest BCUT2D eigenvalue weighted by atomic mass is 16.1. The third-order valence-corrected chi connectivity index (χ3v) is 4.86. The lowest BCUT2D eigenvalue weighted by Gasteiger charge is -2.28. The van der Waals surface area contributed by atoms with Gasteiger partial charge in [-0.25, -0.2) is 0 Å². The van der Waals surface area contributed by atoms with E-state index in [-0.39, 0.29) is 23.2 Å². The summed E-state index contributed by atoms with van der Waals surface area (Å²) in [5.41, 5.74) is -0.0506. The molecule has 0 saturated heterocycles. The quantitative estimate of drug-likeness (QED) is 0.899. The van der Waals surface area contributed by atoms with Gasteiger partial charge in [0.25, 0.3) is 5.56 Å². The Labute approximate surface area is 134 Å². The molecule has 7 nitrogen and oxygen atoms in total. The molecule has 1 aliphatic carbocycles. The summed E-state index contributed by atoms with van der Waals surface area (Å²) in [6.45, 7) is 4.10. The first-order chi connectivity index (χ1) is 11.1. The number of carbonyl (C=O) groups is 1. The van der Waals surface area contributed by atoms with Gasteiger partial charge in [-0.05, 0) is 25.2 Å². The average Bonchev–Trinajstić information content (AvgIpc) is 2.95. The summed E-state index contributed by atoms with van der Waals surface area (Å²) in [6, 6.07) is -0.293. The fourth-order valence-electron chi connectivity index (χ4n) is 3.45. The Bertz CT molecular complexity index is 750. The maximum absolute atomic E-state index is 12.3. The molecule has 0 aliphatic heterocycles. The van der Waals surface area contributed by atoms with E-state index in [0.717, 1.165) is 6.42 Å². The average molecular weight is 317 g/mol. The summed E-state index contributed by atoms with van der Waals surface area (Å²) < 4.78 is 1.62. The molecule has 1 fully saturated rings. The van der Waals surface area contributed by atoms with E-state index in [9.17, 15) is 9.59 Å². The van der Waals surface area contributed by atoms with Crippen molar-refractivity contribution >= 4 is 11.6 Å². The topological polar surface area (TPSA) is 92.2 Å². The molecule has 3 unspecified atom stereocenters. The maximum Gasteiger partial charge on any atom is 0.293 e. The SMILES string of the molecule is CC(NC(=O)CC1CCCCC1C)c1nnc2c(=O)[nH]ccn12. The molecule has 7 heteroatoms. The van der Waals surface area contributed by atoms with Gasteiger partial charge in [0, 0.05) is 18.8 Å². The van der Waals surface area contributed by atoms with E-state index in [0.29, 0.717) is 24.1 Å². The van der Waals surface area contributed by atoms with E-state index in [1.165, 1.54) is 19.3 Å². The minimum absolute atomic E-state index is 0.0397. The van der Waals surface area contributed by atoms with Gasteiger partial charge < -0.3 is 10.3 Å². The van der Waals surface area contributed by atoms with E-state index < -0.39 is 0 Å². The number of H-pyrrole nitrogens is 1. The van der Waals surface area contributed by atoms with Crippen LogP contribution >= 0.6 is 0 Å². The van der Waals surface area contributed by atoms with Crippen molar-refractivity contribution in [3.63, 3.8) is 0 Å². The Hall–Kier alpha value is -2.18. The zero-order valence-electron chi connectivity index (χ0n) is 13.6. The molecule has 1 aliphatic rings. The van der Waals surface area contributed by atoms with Crippen molar-refractivity contribution in [1.29, 1.82) is 0 Å². The summed E-state index contributed by atoms with van der Waals surface area (Å²) in [7, 11) is 0. The summed E-state index contributed by atoms with van der Waals surface area (Å²) in [5, 5.41) is 10.9. The highest BCUT2D eigenvalue weighted by Gasteiger charge is 2.25. The smallest absolute Gasteiger partial charge is 0.293 e. The normalized spacial score (nSPS) is 22.9. The van der Waals surface area contributed by atoms with E-state index in [1.54, 1.807) is 16.8 Å². The number of rotatable bonds is 4. The standard InChI is InChI=1S/C16H23N5O2/c1-10-5-3-4-6-12(10)9-13(22)18-11(2)14-19-20-15-16(23)17-7-8-21(14)15/h7-8,10-12H,3-6,9H2,1-2H3,(H,17,23)(H,18,22). The van der Waals surface area contributed by atoms with Gasteiger partial charge in [0.1, 0.15) is 0 Å². The van der Waals surface area contributed by atoms with Crippen LogP contribution < -0.4 is 10.9 Å². The fraction of sp³-hybridized carbons (Fsp3) is 0.625. The molecule has 3 atom stereocenters. The summed E-state index contributed by atoms with van der Waals surface area (Å²) in [4.78, 5) is 26.6. The largest absolute Gasteiger partial charge is 0.346 e. The number of hydrogen-bond acceptors (Lipinski definition) is 4. The van der Waals surface area contributed by atoms with Crippen LogP contribution in [0.1, 0.15) is 57.8 Å². The molecule has 2 heterocycles. The Morgan fingerprint density at radius 3 is 3.00 bits per heavy atom. The predicted octanol–water partition coefficient (Wildman–Crippen LogP) is 1.81. The summed E-state index contributed by atoms with van der Waals surface area (Å²) in [5.74, 6) is 1.68. The Morgan fingerprint density at radius 2 is 2.22 bits per heavy atom. The van der Waals surface area contributed by atoms with Crippen LogP contribution in [-0.2, 0) is 4.79 Å². The molecule has 0 aromatic carbocycles. The van der Waals surface area contributed by atoms with Gasteiger partial charge in [-0.3, -0.25) is 14.0 Å². The van der Waals surface area contributed by atoms with Crippen LogP contribution in [0.3, 0.4) is 0 Å². The third-order valence-electron chi connectivity index (χ3n) is 4.86. The number of hydrogen-bond donors (Lipinski definition) is 2. The molecule has 124 valence electrons. The lowest BCUT2D eigenvalue weighted by atomic mass is 9.78. The van der Waals surface area contributed by atoms with Crippen molar-refractivity contribution in [2.24, 2.45) is 11.8 Å². The number of aromatic amines is 1. The van der Waals surface area contributed by atoms with Crippen molar-refractivity contribution in [3.8, 4) is 0 Å². The minimum atomic E-state index is -0.293. The molecular weight excluding hydrogens is 294 g/mol. The van der Waals surface area contributed by atoms with Gasteiger partial charge in [-0.1, -0.05) is 26.2 Å². The number of carbonyl (C=O) groups excluding carboxylic acids is 1. The first kappa shape index (κ1) is 15.7. The highest BCUT2D eigenvalue weighted by Crippen LogP contribution is 2.31. The third kappa shape index (κ3) is 3.28. The van der Waals surface area contributed by atoms with Crippen LogP contribution in [0.25, 0.3) is 5.65 Å². The predicted molar refractivity (Wildman–Crippen MR) is 85.9 cm³/mol. The number of amides is 1. The minimum Gasteiger partial charge on any atom is -0.346 e. The van der Waals surface area contributed by atoms with Gasteiger partial charge in [-0.15, -0.1) is 10.2 Å². The molecule has 0 spiro atoms. The fourth-order valence-corrected chi connectivity index (χ4v) is 3.45. The van der Waals surface area contributed by atoms with E-state index in [1.807, 2.05) is 6.92 Å². The molecule has 2 aromatic heterocycles. The van der Waals surface area contributed by atoms with Crippen LogP contribution in [0.5, 0.6) is 0 Å². The molecule has 1 amide bonds. The van der Waals surface area contributed by atoms with E-state index in [4.69, 9.17) is 0 Å². The molecule has 1 saturated carbocycles. The molecule has 3 rings (SSSR count). The monoisotopic (exact) mass is 317 g/mol. The van der Waals surface area contributed by atoms with E-state index in [2.05, 4.69) is 27.4 Å². The molecule has 0 bridgehead atoms. The van der Waals surface area contributed by atoms with Crippen LogP contribution in [-0.4, -0.2) is 25.5 Å². The maximum atomic E-state index is 12.3. The zero-order valence-corrected chi connectivity index (χ0v) is 13.6. The van der Waals surface area contributed by atoms with Crippen LogP contribution in [0.4, 0.5) is 0 Å². The van der Waals surface area contributed by atoms with E-state index >= 15 is 0 Å². The number of nitrogens with one attached hydrogen (secondary N) is 2. The molecule has 23 heavy (non-hydrogen) atoms. The van der Waals surface area contributed by atoms with Crippen molar-refractivity contribution in [3.05, 3.63) is 28.6 Å². The van der Waals surface area contributed by atoms with Crippen molar-refractivity contribution in [2.45, 2.75) is 52.0 Å². The molecule has 0 radical (unpaired) electrons. The second-order valence-corrected chi connectivity index (χ2v) is 6.56. The Balaban J connectivity index is 1.68. The van der Waals surface area contributed by atoms with Crippen LogP contribution in [0.15, 0.2) is 17.2 Å². The molecular formula is C16H23N5O2. The molecule has 2 N–H and O–H groups in total. The first-order valence-electron chi connectivity index (χ1n) is 8.28. The Morgan fingerprint density at radius 1 is 1.43 bits per heavy atom. The second-order valence-electron chi connectivity index (χ2n) is 6.56. The van der Waals surface area contributed by atoms with Crippen molar-refractivity contribution < 1.29 is 4.79 Å². The Kier molecular flexibility index (Phi) is 4.45. The molecule has 2 aromatic rings. The van der Waals surface area contributed by atoms with Gasteiger partial charge in [0.2, 0.25) is 11.6 Å².